The van der Waals surface area contributed by atoms with Crippen molar-refractivity contribution in [3.8, 4) is 0 Å². The molecule has 0 spiro atoms. The summed E-state index contributed by atoms with van der Waals surface area (Å²) in [5.74, 6) is 0.121. The number of nitrogens with two attached hydrogens (primary N) is 1. The molecule has 1 aliphatic rings. The lowest BCUT2D eigenvalue weighted by Gasteiger charge is -2.30. The number of aromatic nitrogens is 2. The number of anilines is 2. The van der Waals surface area contributed by atoms with Gasteiger partial charge in [-0.25, -0.2) is 4.98 Å². The lowest BCUT2D eigenvalue weighted by molar-refractivity contribution is -0.384. The van der Waals surface area contributed by atoms with Crippen molar-refractivity contribution < 1.29 is 23.2 Å². The molecule has 1 fully saturated rings. The summed E-state index contributed by atoms with van der Waals surface area (Å²) in [6, 6.07) is 5.86. The molecule has 0 saturated heterocycles. The minimum absolute atomic E-state index is 0.000406. The zero-order valence-corrected chi connectivity index (χ0v) is 17.2. The van der Waals surface area contributed by atoms with Gasteiger partial charge >= 0.3 is 11.9 Å². The Labute approximate surface area is 182 Å². The number of nitro groups is 1. The number of benzene rings is 1. The Balaban J connectivity index is 1.69. The van der Waals surface area contributed by atoms with Crippen LogP contribution in [0.25, 0.3) is 0 Å². The SMILES string of the molecule is N[C@H]1CC[C@H](CNc2nc(NCc3ccccc3CC(F)(F)F)ncc2[N+](=O)[O-])C[C@H]1O. The molecule has 0 unspecified atom stereocenters. The van der Waals surface area contributed by atoms with Crippen molar-refractivity contribution in [1.82, 2.24) is 9.97 Å². The largest absolute Gasteiger partial charge is 0.393 e. The molecule has 1 aromatic carbocycles. The van der Waals surface area contributed by atoms with Crippen LogP contribution in [0.4, 0.5) is 30.6 Å². The van der Waals surface area contributed by atoms with E-state index in [0.29, 0.717) is 24.9 Å². The van der Waals surface area contributed by atoms with Crippen molar-refractivity contribution in [3.63, 3.8) is 0 Å². The second kappa shape index (κ2) is 10.1. The molecule has 1 saturated carbocycles. The second-order valence-electron chi connectivity index (χ2n) is 7.89. The van der Waals surface area contributed by atoms with Crippen molar-refractivity contribution >= 4 is 17.5 Å². The summed E-state index contributed by atoms with van der Waals surface area (Å²) in [6.07, 6.45) is -3.07. The van der Waals surface area contributed by atoms with Gasteiger partial charge in [0.15, 0.2) is 0 Å². The summed E-state index contributed by atoms with van der Waals surface area (Å²) in [5.41, 5.74) is 6.04. The van der Waals surface area contributed by atoms with Gasteiger partial charge in [-0.3, -0.25) is 10.1 Å². The number of nitrogens with zero attached hydrogens (tertiary/aromatic N) is 3. The van der Waals surface area contributed by atoms with Gasteiger partial charge in [0.1, 0.15) is 6.20 Å². The topological polar surface area (TPSA) is 139 Å². The number of rotatable bonds is 8. The zero-order valence-electron chi connectivity index (χ0n) is 17.2. The summed E-state index contributed by atoms with van der Waals surface area (Å²) in [7, 11) is 0. The molecule has 0 amide bonds. The van der Waals surface area contributed by atoms with Gasteiger partial charge < -0.3 is 21.5 Å². The Morgan fingerprint density at radius 2 is 1.94 bits per heavy atom. The zero-order chi connectivity index (χ0) is 23.3. The summed E-state index contributed by atoms with van der Waals surface area (Å²) in [4.78, 5) is 18.8. The number of aliphatic hydroxyl groups excluding tert-OH is 1. The van der Waals surface area contributed by atoms with Crippen LogP contribution in [-0.2, 0) is 13.0 Å². The smallest absolute Gasteiger partial charge is 0.392 e. The molecule has 0 bridgehead atoms. The molecule has 9 nitrogen and oxygen atoms in total. The fraction of sp³-hybridized carbons (Fsp3) is 0.500. The van der Waals surface area contributed by atoms with E-state index in [1.165, 1.54) is 12.1 Å². The highest BCUT2D eigenvalue weighted by molar-refractivity contribution is 5.57. The highest BCUT2D eigenvalue weighted by Crippen LogP contribution is 2.27. The van der Waals surface area contributed by atoms with E-state index >= 15 is 0 Å². The molecule has 2 aromatic rings. The first-order chi connectivity index (χ1) is 15.1. The number of alkyl halides is 3. The number of hydrogen-bond acceptors (Lipinski definition) is 8. The van der Waals surface area contributed by atoms with Crippen LogP contribution < -0.4 is 16.4 Å². The summed E-state index contributed by atoms with van der Waals surface area (Å²) >= 11 is 0. The van der Waals surface area contributed by atoms with Crippen molar-refractivity contribution in [1.29, 1.82) is 0 Å². The molecule has 0 radical (unpaired) electrons. The number of nitrogens with one attached hydrogen (secondary N) is 2. The molecule has 5 N–H and O–H groups in total. The van der Waals surface area contributed by atoms with Crippen molar-refractivity contribution in [3.05, 3.63) is 51.7 Å². The Morgan fingerprint density at radius 3 is 2.59 bits per heavy atom. The van der Waals surface area contributed by atoms with E-state index in [1.807, 2.05) is 0 Å². The summed E-state index contributed by atoms with van der Waals surface area (Å²) < 4.78 is 38.4. The highest BCUT2D eigenvalue weighted by Gasteiger charge is 2.29. The lowest BCUT2D eigenvalue weighted by atomic mass is 9.84. The van der Waals surface area contributed by atoms with Crippen LogP contribution in [0.5, 0.6) is 0 Å². The van der Waals surface area contributed by atoms with Crippen molar-refractivity contribution in [2.45, 2.75) is 50.6 Å². The molecule has 1 heterocycles. The maximum Gasteiger partial charge on any atom is 0.393 e. The van der Waals surface area contributed by atoms with E-state index in [0.717, 1.165) is 12.6 Å². The molecule has 32 heavy (non-hydrogen) atoms. The molecular formula is C20H25F3N6O3. The van der Waals surface area contributed by atoms with E-state index in [9.17, 15) is 28.4 Å². The van der Waals surface area contributed by atoms with Gasteiger partial charge in [0.2, 0.25) is 11.8 Å². The van der Waals surface area contributed by atoms with Gasteiger partial charge in [-0.2, -0.15) is 18.2 Å². The van der Waals surface area contributed by atoms with Crippen LogP contribution in [0.15, 0.2) is 30.5 Å². The third-order valence-electron chi connectivity index (χ3n) is 5.45. The number of hydrogen-bond donors (Lipinski definition) is 4. The summed E-state index contributed by atoms with van der Waals surface area (Å²) in [6.45, 7) is 0.381. The first-order valence-electron chi connectivity index (χ1n) is 10.2. The monoisotopic (exact) mass is 454 g/mol. The average Bonchev–Trinajstić information content (AvgIpc) is 2.72. The lowest BCUT2D eigenvalue weighted by Crippen LogP contribution is -2.41. The molecule has 1 aliphatic carbocycles. The first-order valence-corrected chi connectivity index (χ1v) is 10.2. The quantitative estimate of drug-likeness (QED) is 0.353. The maximum absolute atomic E-state index is 12.8. The molecule has 174 valence electrons. The van der Waals surface area contributed by atoms with Gasteiger partial charge in [-0.15, -0.1) is 0 Å². The molecule has 3 atom stereocenters. The Bertz CT molecular complexity index is 943. The van der Waals surface area contributed by atoms with Crippen LogP contribution in [0.2, 0.25) is 0 Å². The van der Waals surface area contributed by atoms with Crippen LogP contribution >= 0.6 is 0 Å². The van der Waals surface area contributed by atoms with Gasteiger partial charge in [-0.05, 0) is 36.3 Å². The minimum Gasteiger partial charge on any atom is -0.392 e. The van der Waals surface area contributed by atoms with Crippen molar-refractivity contribution in [2.75, 3.05) is 17.2 Å². The second-order valence-corrected chi connectivity index (χ2v) is 7.89. The number of aliphatic hydroxyl groups is 1. The van der Waals surface area contributed by atoms with Crippen LogP contribution in [0, 0.1) is 16.0 Å². The van der Waals surface area contributed by atoms with Gasteiger partial charge in [0.25, 0.3) is 0 Å². The molecule has 12 heteroatoms. The summed E-state index contributed by atoms with van der Waals surface area (Å²) in [5, 5.41) is 27.1. The van der Waals surface area contributed by atoms with Gasteiger partial charge in [0, 0.05) is 19.1 Å². The van der Waals surface area contributed by atoms with Crippen LogP contribution in [0.3, 0.4) is 0 Å². The van der Waals surface area contributed by atoms with Gasteiger partial charge in [-0.1, -0.05) is 24.3 Å². The predicted octanol–water partition coefficient (Wildman–Crippen LogP) is 3.00. The highest BCUT2D eigenvalue weighted by atomic mass is 19.4. The fourth-order valence-corrected chi connectivity index (χ4v) is 3.70. The van der Waals surface area contributed by atoms with Crippen molar-refractivity contribution in [2.24, 2.45) is 11.7 Å². The Morgan fingerprint density at radius 1 is 1.22 bits per heavy atom. The molecular weight excluding hydrogens is 429 g/mol. The fourth-order valence-electron chi connectivity index (χ4n) is 3.70. The van der Waals surface area contributed by atoms with E-state index in [-0.39, 0.29) is 41.5 Å². The van der Waals surface area contributed by atoms with E-state index < -0.39 is 23.6 Å². The predicted molar refractivity (Wildman–Crippen MR) is 112 cm³/mol. The van der Waals surface area contributed by atoms with Crippen LogP contribution in [0.1, 0.15) is 30.4 Å². The minimum atomic E-state index is -4.34. The Kier molecular flexibility index (Phi) is 7.46. The molecule has 1 aromatic heterocycles. The molecule has 0 aliphatic heterocycles. The van der Waals surface area contributed by atoms with E-state index in [1.54, 1.807) is 12.1 Å². The third-order valence-corrected chi connectivity index (χ3v) is 5.45. The molecule has 3 rings (SSSR count). The average molecular weight is 454 g/mol. The van der Waals surface area contributed by atoms with E-state index in [4.69, 9.17) is 5.73 Å². The number of halogens is 3. The standard InChI is InChI=1S/C20H25F3N6O3/c21-20(22,23)8-13-3-1-2-4-14(13)10-26-19-27-11-16(29(31)32)18(28-19)25-9-12-5-6-15(24)17(30)7-12/h1-4,11-12,15,17,30H,5-10,24H2,(H2,25,26,27,28)/t12-,15-,17+/m0/s1. The Hall–Kier alpha value is -2.99. The third kappa shape index (κ3) is 6.50. The van der Waals surface area contributed by atoms with E-state index in [2.05, 4.69) is 20.6 Å². The maximum atomic E-state index is 12.8. The van der Waals surface area contributed by atoms with Crippen LogP contribution in [-0.4, -0.2) is 44.9 Å². The normalized spacial score (nSPS) is 21.2. The first kappa shape index (κ1) is 23.7. The van der Waals surface area contributed by atoms with Gasteiger partial charge in [0.05, 0.1) is 17.4 Å².